The summed E-state index contributed by atoms with van der Waals surface area (Å²) in [7, 11) is 3.76. The topological polar surface area (TPSA) is 72.7 Å². The van der Waals surface area contributed by atoms with Crippen LogP contribution in [0.1, 0.15) is 11.7 Å². The molecule has 0 amide bonds. The molecule has 15 heavy (non-hydrogen) atoms. The van der Waals surface area contributed by atoms with Crippen LogP contribution in [0.2, 0.25) is 0 Å². The van der Waals surface area contributed by atoms with Crippen molar-refractivity contribution in [2.75, 3.05) is 14.1 Å². The number of aromatic nitrogens is 2. The van der Waals surface area contributed by atoms with E-state index in [1.807, 2.05) is 32.3 Å². The van der Waals surface area contributed by atoms with Crippen molar-refractivity contribution in [1.29, 1.82) is 0 Å². The molecule has 1 aromatic carbocycles. The van der Waals surface area contributed by atoms with Crippen molar-refractivity contribution in [3.8, 4) is 0 Å². The van der Waals surface area contributed by atoms with Gasteiger partial charge in [0.1, 0.15) is 0 Å². The zero-order valence-electron chi connectivity index (χ0n) is 8.72. The minimum absolute atomic E-state index is 0.0906. The molecule has 0 unspecified atom stereocenters. The van der Waals surface area contributed by atoms with Crippen LogP contribution in [0.3, 0.4) is 0 Å². The van der Waals surface area contributed by atoms with Crippen LogP contribution in [-0.2, 0) is 0 Å². The Kier molecular flexibility index (Phi) is 2.57. The first kappa shape index (κ1) is 9.95. The molecule has 0 bridgehead atoms. The summed E-state index contributed by atoms with van der Waals surface area (Å²) in [6.45, 7) is 0. The monoisotopic (exact) mass is 206 g/mol. The van der Waals surface area contributed by atoms with Crippen LogP contribution in [0, 0.1) is 0 Å². The summed E-state index contributed by atoms with van der Waals surface area (Å²) < 4.78 is 0. The molecule has 2 aromatic rings. The van der Waals surface area contributed by atoms with Crippen LogP contribution in [0.15, 0.2) is 23.0 Å². The molecule has 5 heteroatoms. The van der Waals surface area contributed by atoms with Crippen molar-refractivity contribution >= 4 is 11.0 Å². The molecule has 5 nitrogen and oxygen atoms in total. The summed E-state index contributed by atoms with van der Waals surface area (Å²) in [5.74, 6) is 0. The lowest BCUT2D eigenvalue weighted by atomic mass is 10.1. The Labute approximate surface area is 86.9 Å². The van der Waals surface area contributed by atoms with Gasteiger partial charge in [-0.1, -0.05) is 6.07 Å². The molecule has 0 aliphatic rings. The van der Waals surface area contributed by atoms with Gasteiger partial charge < -0.3 is 20.6 Å². The summed E-state index contributed by atoms with van der Waals surface area (Å²) in [5, 5.41) is 6.25. The molecule has 0 radical (unpaired) electrons. The number of H-pyrrole nitrogens is 2. The van der Waals surface area contributed by atoms with E-state index >= 15 is 0 Å². The second-order valence-electron chi connectivity index (χ2n) is 3.39. The fraction of sp³-hybridized carbons (Fsp3) is 0.300. The van der Waals surface area contributed by atoms with E-state index in [9.17, 15) is 4.79 Å². The van der Waals surface area contributed by atoms with E-state index in [1.165, 1.54) is 0 Å². The van der Waals surface area contributed by atoms with Crippen LogP contribution in [0.5, 0.6) is 0 Å². The summed E-state index contributed by atoms with van der Waals surface area (Å²) >= 11 is 0. The Morgan fingerprint density at radius 1 is 1.13 bits per heavy atom. The van der Waals surface area contributed by atoms with Gasteiger partial charge in [-0.25, -0.2) is 4.79 Å². The van der Waals surface area contributed by atoms with Gasteiger partial charge in [-0.05, 0) is 31.8 Å². The Morgan fingerprint density at radius 3 is 2.47 bits per heavy atom. The molecular formula is C10H14N4O. The first-order valence-electron chi connectivity index (χ1n) is 4.81. The second kappa shape index (κ2) is 3.88. The van der Waals surface area contributed by atoms with Gasteiger partial charge in [0.05, 0.1) is 17.2 Å². The number of rotatable bonds is 3. The van der Waals surface area contributed by atoms with Crippen LogP contribution >= 0.6 is 0 Å². The van der Waals surface area contributed by atoms with E-state index in [0.717, 1.165) is 16.6 Å². The molecule has 0 aliphatic heterocycles. The Morgan fingerprint density at radius 2 is 1.80 bits per heavy atom. The molecular weight excluding hydrogens is 192 g/mol. The molecule has 2 rings (SSSR count). The van der Waals surface area contributed by atoms with E-state index < -0.39 is 0 Å². The van der Waals surface area contributed by atoms with Gasteiger partial charge in [0.15, 0.2) is 0 Å². The molecule has 0 saturated carbocycles. The average Bonchev–Trinajstić information content (AvgIpc) is 2.59. The highest BCUT2D eigenvalue weighted by Gasteiger charge is 2.07. The maximum atomic E-state index is 11.1. The van der Waals surface area contributed by atoms with E-state index in [4.69, 9.17) is 0 Å². The van der Waals surface area contributed by atoms with Gasteiger partial charge >= 0.3 is 5.69 Å². The predicted octanol–water partition coefficient (Wildman–Crippen LogP) is 0.294. The lowest BCUT2D eigenvalue weighted by molar-refractivity contribution is 0.520. The largest absolute Gasteiger partial charge is 0.323 e. The van der Waals surface area contributed by atoms with Gasteiger partial charge in [0, 0.05) is 0 Å². The van der Waals surface area contributed by atoms with Gasteiger partial charge in [0.25, 0.3) is 0 Å². The van der Waals surface area contributed by atoms with Crippen LogP contribution in [0.25, 0.3) is 11.0 Å². The number of hydrogen-bond acceptors (Lipinski definition) is 3. The van der Waals surface area contributed by atoms with Crippen molar-refractivity contribution in [3.63, 3.8) is 0 Å². The highest BCUT2D eigenvalue weighted by atomic mass is 16.1. The molecule has 0 fully saturated rings. The van der Waals surface area contributed by atoms with Crippen molar-refractivity contribution in [2.24, 2.45) is 0 Å². The zero-order chi connectivity index (χ0) is 10.8. The maximum absolute atomic E-state index is 11.1. The molecule has 1 aromatic heterocycles. The standard InChI is InChI=1S/C10H14N4O/c1-11-9(12-2)6-3-4-7-8(5-6)14-10(15)13-7/h3-5,9,11-12H,1-2H3,(H2,13,14,15). The number of imidazole rings is 1. The smallest absolute Gasteiger partial charge is 0.306 e. The summed E-state index contributed by atoms with van der Waals surface area (Å²) in [6.07, 6.45) is 0.0906. The number of fused-ring (bicyclic) bond motifs is 1. The number of aromatic amines is 2. The van der Waals surface area contributed by atoms with Crippen molar-refractivity contribution in [3.05, 3.63) is 34.2 Å². The summed E-state index contributed by atoms with van der Waals surface area (Å²) in [6, 6.07) is 5.82. The number of benzene rings is 1. The number of hydrogen-bond donors (Lipinski definition) is 4. The van der Waals surface area contributed by atoms with E-state index in [-0.39, 0.29) is 11.9 Å². The fourth-order valence-corrected chi connectivity index (χ4v) is 1.71. The Bertz CT molecular complexity index is 509. The lowest BCUT2D eigenvalue weighted by Crippen LogP contribution is -2.28. The molecule has 0 spiro atoms. The molecule has 1 heterocycles. The van der Waals surface area contributed by atoms with Crippen molar-refractivity contribution in [1.82, 2.24) is 20.6 Å². The third-order valence-corrected chi connectivity index (χ3v) is 2.45. The number of nitrogens with one attached hydrogen (secondary N) is 4. The third-order valence-electron chi connectivity index (χ3n) is 2.45. The Hall–Kier alpha value is -1.59. The van der Waals surface area contributed by atoms with Gasteiger partial charge in [-0.15, -0.1) is 0 Å². The van der Waals surface area contributed by atoms with E-state index in [2.05, 4.69) is 20.6 Å². The van der Waals surface area contributed by atoms with Crippen LogP contribution < -0.4 is 16.3 Å². The van der Waals surface area contributed by atoms with E-state index in [0.29, 0.717) is 0 Å². The molecule has 4 N–H and O–H groups in total. The zero-order valence-corrected chi connectivity index (χ0v) is 8.72. The minimum atomic E-state index is -0.174. The van der Waals surface area contributed by atoms with Gasteiger partial charge in [-0.3, -0.25) is 0 Å². The quantitative estimate of drug-likeness (QED) is 0.545. The van der Waals surface area contributed by atoms with E-state index in [1.54, 1.807) is 0 Å². The normalized spacial score (nSPS) is 11.4. The molecule has 0 atom stereocenters. The third kappa shape index (κ3) is 1.79. The van der Waals surface area contributed by atoms with Crippen molar-refractivity contribution in [2.45, 2.75) is 6.17 Å². The molecule has 0 saturated heterocycles. The SMILES string of the molecule is CNC(NC)c1ccc2[nH]c(=O)[nH]c2c1. The minimum Gasteiger partial charge on any atom is -0.306 e. The molecule has 0 aliphatic carbocycles. The summed E-state index contributed by atoms with van der Waals surface area (Å²) in [5.41, 5.74) is 2.57. The summed E-state index contributed by atoms with van der Waals surface area (Å²) in [4.78, 5) is 16.5. The second-order valence-corrected chi connectivity index (χ2v) is 3.39. The average molecular weight is 206 g/mol. The van der Waals surface area contributed by atoms with Gasteiger partial charge in [0.2, 0.25) is 0 Å². The van der Waals surface area contributed by atoms with Crippen LogP contribution in [0.4, 0.5) is 0 Å². The Balaban J connectivity index is 2.49. The van der Waals surface area contributed by atoms with Gasteiger partial charge in [-0.2, -0.15) is 0 Å². The van der Waals surface area contributed by atoms with Crippen LogP contribution in [-0.4, -0.2) is 24.1 Å². The first-order valence-corrected chi connectivity index (χ1v) is 4.81. The first-order chi connectivity index (χ1) is 7.24. The predicted molar refractivity (Wildman–Crippen MR) is 59.8 cm³/mol. The van der Waals surface area contributed by atoms with Crippen molar-refractivity contribution < 1.29 is 0 Å². The molecule has 80 valence electrons. The maximum Gasteiger partial charge on any atom is 0.323 e. The highest BCUT2D eigenvalue weighted by Crippen LogP contribution is 2.14. The lowest BCUT2D eigenvalue weighted by Gasteiger charge is -2.15. The highest BCUT2D eigenvalue weighted by molar-refractivity contribution is 5.75. The fourth-order valence-electron chi connectivity index (χ4n) is 1.71.